The van der Waals surface area contributed by atoms with Gasteiger partial charge in [-0.3, -0.25) is 9.59 Å². The molecule has 3 rings (SSSR count). The van der Waals surface area contributed by atoms with Gasteiger partial charge in [-0.2, -0.15) is 0 Å². The van der Waals surface area contributed by atoms with Gasteiger partial charge >= 0.3 is 11.8 Å². The monoisotopic (exact) mass is 330 g/mol. The second-order valence-electron chi connectivity index (χ2n) is 5.85. The van der Waals surface area contributed by atoms with Crippen LogP contribution in [0.2, 0.25) is 0 Å². The van der Waals surface area contributed by atoms with Gasteiger partial charge in [0.15, 0.2) is 0 Å². The van der Waals surface area contributed by atoms with E-state index < -0.39 is 11.8 Å². The summed E-state index contributed by atoms with van der Waals surface area (Å²) < 4.78 is 0. The van der Waals surface area contributed by atoms with Crippen molar-refractivity contribution < 1.29 is 14.7 Å². The van der Waals surface area contributed by atoms with E-state index >= 15 is 0 Å². The van der Waals surface area contributed by atoms with Crippen LogP contribution in [0.1, 0.15) is 12.8 Å². The van der Waals surface area contributed by atoms with Crippen LogP contribution in [0.3, 0.4) is 0 Å². The third-order valence-corrected chi connectivity index (χ3v) is 4.97. The number of thiophene rings is 1. The van der Waals surface area contributed by atoms with Crippen molar-refractivity contribution in [3.8, 4) is 10.4 Å². The van der Waals surface area contributed by atoms with Crippen LogP contribution >= 0.6 is 11.3 Å². The number of rotatable bonds is 5. The highest BCUT2D eigenvalue weighted by atomic mass is 32.1. The minimum Gasteiger partial charge on any atom is -0.396 e. The summed E-state index contributed by atoms with van der Waals surface area (Å²) in [7, 11) is 0. The molecule has 0 bridgehead atoms. The predicted molar refractivity (Wildman–Crippen MR) is 90.1 cm³/mol. The molecular formula is C17H18N2O3S. The summed E-state index contributed by atoms with van der Waals surface area (Å²) in [6.45, 7) is 0.378. The van der Waals surface area contributed by atoms with Crippen molar-refractivity contribution in [1.82, 2.24) is 5.32 Å². The van der Waals surface area contributed by atoms with Crippen molar-refractivity contribution in [3.05, 3.63) is 41.8 Å². The van der Waals surface area contributed by atoms with Crippen LogP contribution < -0.4 is 10.6 Å². The third kappa shape index (κ3) is 3.78. The fourth-order valence-electron chi connectivity index (χ4n) is 2.30. The van der Waals surface area contributed by atoms with Crippen LogP contribution in [-0.4, -0.2) is 30.1 Å². The average Bonchev–Trinajstić information content (AvgIpc) is 3.14. The highest BCUT2D eigenvalue weighted by Gasteiger charge is 2.42. The van der Waals surface area contributed by atoms with Gasteiger partial charge in [0.25, 0.3) is 0 Å². The summed E-state index contributed by atoms with van der Waals surface area (Å²) in [5.41, 5.74) is 1.37. The number of amides is 2. The van der Waals surface area contributed by atoms with Crippen LogP contribution in [0.15, 0.2) is 41.8 Å². The number of aliphatic hydroxyl groups is 1. The molecule has 3 N–H and O–H groups in total. The molecule has 0 aliphatic heterocycles. The lowest BCUT2D eigenvalue weighted by atomic mass is 10.1. The maximum atomic E-state index is 12.0. The van der Waals surface area contributed by atoms with Crippen LogP contribution in [-0.2, 0) is 9.59 Å². The molecule has 23 heavy (non-hydrogen) atoms. The topological polar surface area (TPSA) is 78.4 Å². The first-order chi connectivity index (χ1) is 11.1. The van der Waals surface area contributed by atoms with Crippen molar-refractivity contribution in [1.29, 1.82) is 0 Å². The van der Waals surface area contributed by atoms with Gasteiger partial charge in [-0.25, -0.2) is 0 Å². The molecule has 0 radical (unpaired) electrons. The Bertz CT molecular complexity index is 708. The molecule has 1 aromatic carbocycles. The summed E-state index contributed by atoms with van der Waals surface area (Å²) in [5, 5.41) is 16.4. The fraction of sp³-hybridized carbons (Fsp3) is 0.294. The molecule has 0 saturated heterocycles. The fourth-order valence-corrected chi connectivity index (χ4v) is 3.02. The van der Waals surface area contributed by atoms with Gasteiger partial charge in [-0.05, 0) is 42.0 Å². The highest BCUT2D eigenvalue weighted by molar-refractivity contribution is 7.13. The molecule has 1 fully saturated rings. The molecular weight excluding hydrogens is 312 g/mol. The summed E-state index contributed by atoms with van der Waals surface area (Å²) in [6.07, 6.45) is 1.77. The van der Waals surface area contributed by atoms with Gasteiger partial charge < -0.3 is 15.7 Å². The van der Waals surface area contributed by atoms with Crippen LogP contribution in [0.5, 0.6) is 0 Å². The summed E-state index contributed by atoms with van der Waals surface area (Å²) in [6, 6.07) is 11.4. The summed E-state index contributed by atoms with van der Waals surface area (Å²) >= 11 is 1.61. The standard InChI is InChI=1S/C17H18N2O3S/c20-11-17(6-7-17)10-18-15(21)16(22)19-13-4-1-3-12(9-13)14-5-2-8-23-14/h1-5,8-9,20H,6-7,10-11H2,(H,18,21)(H,19,22). The van der Waals surface area contributed by atoms with Crippen molar-refractivity contribution in [2.75, 3.05) is 18.5 Å². The first kappa shape index (κ1) is 15.7. The SMILES string of the molecule is O=C(NCC1(CO)CC1)C(=O)Nc1cccc(-c2cccs2)c1. The molecule has 120 valence electrons. The number of aliphatic hydroxyl groups excluding tert-OH is 1. The lowest BCUT2D eigenvalue weighted by molar-refractivity contribution is -0.136. The first-order valence-electron chi connectivity index (χ1n) is 7.46. The molecule has 0 unspecified atom stereocenters. The largest absolute Gasteiger partial charge is 0.396 e. The smallest absolute Gasteiger partial charge is 0.313 e. The Morgan fingerprint density at radius 3 is 2.65 bits per heavy atom. The van der Waals surface area contributed by atoms with E-state index in [1.165, 1.54) is 0 Å². The molecule has 1 heterocycles. The molecule has 1 saturated carbocycles. The average molecular weight is 330 g/mol. The van der Waals surface area contributed by atoms with E-state index in [-0.39, 0.29) is 12.0 Å². The van der Waals surface area contributed by atoms with Crippen molar-refractivity contribution in [3.63, 3.8) is 0 Å². The van der Waals surface area contributed by atoms with Gasteiger partial charge in [-0.1, -0.05) is 18.2 Å². The summed E-state index contributed by atoms with van der Waals surface area (Å²) in [4.78, 5) is 24.9. The van der Waals surface area contributed by atoms with Gasteiger partial charge in [0.2, 0.25) is 0 Å². The molecule has 5 nitrogen and oxygen atoms in total. The highest BCUT2D eigenvalue weighted by Crippen LogP contribution is 2.44. The van der Waals surface area contributed by atoms with Crippen LogP contribution in [0.4, 0.5) is 5.69 Å². The van der Waals surface area contributed by atoms with Crippen molar-refractivity contribution >= 4 is 28.8 Å². The molecule has 1 aliphatic carbocycles. The van der Waals surface area contributed by atoms with E-state index in [1.54, 1.807) is 17.4 Å². The molecule has 2 amide bonds. The quantitative estimate of drug-likeness (QED) is 0.736. The maximum absolute atomic E-state index is 12.0. The van der Waals surface area contributed by atoms with E-state index in [0.29, 0.717) is 12.2 Å². The number of nitrogens with one attached hydrogen (secondary N) is 2. The number of benzene rings is 1. The Labute approximate surface area is 138 Å². The van der Waals surface area contributed by atoms with Crippen molar-refractivity contribution in [2.24, 2.45) is 5.41 Å². The van der Waals surface area contributed by atoms with Gasteiger partial charge in [0.05, 0.1) is 6.61 Å². The second-order valence-corrected chi connectivity index (χ2v) is 6.80. The number of hydrogen-bond donors (Lipinski definition) is 3. The van der Waals surface area contributed by atoms with E-state index in [9.17, 15) is 14.7 Å². The maximum Gasteiger partial charge on any atom is 0.313 e. The molecule has 2 aromatic rings. The van der Waals surface area contributed by atoms with E-state index in [0.717, 1.165) is 23.3 Å². The Balaban J connectivity index is 1.59. The van der Waals surface area contributed by atoms with Gasteiger partial charge in [0, 0.05) is 22.5 Å². The van der Waals surface area contributed by atoms with E-state index in [4.69, 9.17) is 0 Å². The van der Waals surface area contributed by atoms with Gasteiger partial charge in [0.1, 0.15) is 0 Å². The van der Waals surface area contributed by atoms with Crippen LogP contribution in [0.25, 0.3) is 10.4 Å². The minimum absolute atomic E-state index is 0.0394. The van der Waals surface area contributed by atoms with E-state index in [2.05, 4.69) is 10.6 Å². The third-order valence-electron chi connectivity index (χ3n) is 4.05. The molecule has 0 spiro atoms. The second kappa shape index (κ2) is 6.52. The Kier molecular flexibility index (Phi) is 4.45. The van der Waals surface area contributed by atoms with Gasteiger partial charge in [-0.15, -0.1) is 11.3 Å². The van der Waals surface area contributed by atoms with Crippen molar-refractivity contribution in [2.45, 2.75) is 12.8 Å². The zero-order valence-corrected chi connectivity index (χ0v) is 13.4. The predicted octanol–water partition coefficient (Wildman–Crippen LogP) is 2.24. The summed E-state index contributed by atoms with van der Waals surface area (Å²) in [5.74, 6) is -1.37. The lowest BCUT2D eigenvalue weighted by Gasteiger charge is -2.12. The zero-order chi connectivity index (χ0) is 16.3. The normalized spacial score (nSPS) is 15.0. The number of carbonyl (C=O) groups is 2. The number of carbonyl (C=O) groups excluding carboxylic acids is 2. The number of anilines is 1. The minimum atomic E-state index is -0.693. The lowest BCUT2D eigenvalue weighted by Crippen LogP contribution is -2.39. The molecule has 6 heteroatoms. The van der Waals surface area contributed by atoms with Crippen LogP contribution in [0, 0.1) is 5.41 Å². The molecule has 1 aliphatic rings. The molecule has 1 aromatic heterocycles. The number of hydrogen-bond acceptors (Lipinski definition) is 4. The Morgan fingerprint density at radius 2 is 2.00 bits per heavy atom. The Morgan fingerprint density at radius 1 is 1.17 bits per heavy atom. The van der Waals surface area contributed by atoms with E-state index in [1.807, 2.05) is 35.7 Å². The zero-order valence-electron chi connectivity index (χ0n) is 12.5. The Hall–Kier alpha value is -2.18. The molecule has 0 atom stereocenters. The first-order valence-corrected chi connectivity index (χ1v) is 8.34.